The highest BCUT2D eigenvalue weighted by atomic mass is 16.3. The Morgan fingerprint density at radius 3 is 2.46 bits per heavy atom. The molecule has 0 aliphatic carbocycles. The monoisotopic (exact) mass is 782 g/mol. The first-order valence-electron chi connectivity index (χ1n) is 20.5. The van der Waals surface area contributed by atoms with Gasteiger partial charge in [-0.05, 0) is 100 Å². The molecule has 14 heteroatoms. The van der Waals surface area contributed by atoms with E-state index in [1.165, 1.54) is 11.8 Å². The van der Waals surface area contributed by atoms with Gasteiger partial charge in [0.1, 0.15) is 29.7 Å². The van der Waals surface area contributed by atoms with Crippen LogP contribution in [0.5, 0.6) is 5.75 Å². The second-order valence-electron chi connectivity index (χ2n) is 16.0. The van der Waals surface area contributed by atoms with Crippen molar-refractivity contribution in [1.29, 1.82) is 0 Å². The summed E-state index contributed by atoms with van der Waals surface area (Å²) in [4.78, 5) is 83.6. The molecule has 312 valence electrons. The van der Waals surface area contributed by atoms with E-state index in [-0.39, 0.29) is 42.0 Å². The Balaban J connectivity index is 2.00. The first-order chi connectivity index (χ1) is 26.7. The number of Topliss-reactive ketones (excluding diaryl/α,β-unsaturated/α-hetero) is 2. The minimum Gasteiger partial charge on any atom is -0.508 e. The number of unbranched alkanes of at least 4 members (excludes halogenated alkanes) is 1. The Bertz CT molecular complexity index is 1530. The molecule has 2 heterocycles. The zero-order valence-corrected chi connectivity index (χ0v) is 34.1. The molecule has 0 radical (unpaired) electrons. The van der Waals surface area contributed by atoms with Crippen molar-refractivity contribution in [2.75, 3.05) is 26.2 Å². The molecule has 1 aromatic rings. The third-order valence-electron chi connectivity index (χ3n) is 11.0. The van der Waals surface area contributed by atoms with Gasteiger partial charge in [-0.25, -0.2) is 0 Å². The number of nitrogens with one attached hydrogen (secondary N) is 4. The Hall–Kier alpha value is -4.14. The van der Waals surface area contributed by atoms with Gasteiger partial charge in [-0.3, -0.25) is 28.8 Å². The lowest BCUT2D eigenvalue weighted by Crippen LogP contribution is -2.59. The first-order valence-corrected chi connectivity index (χ1v) is 20.5. The van der Waals surface area contributed by atoms with E-state index in [0.717, 1.165) is 0 Å². The summed E-state index contributed by atoms with van der Waals surface area (Å²) in [6, 6.07) is 0.306. The van der Waals surface area contributed by atoms with Crippen molar-refractivity contribution in [2.45, 2.75) is 135 Å². The molecule has 4 amide bonds. The highest BCUT2D eigenvalue weighted by Crippen LogP contribution is 2.24. The van der Waals surface area contributed by atoms with E-state index in [4.69, 9.17) is 11.5 Å². The smallest absolute Gasteiger partial charge is 0.245 e. The summed E-state index contributed by atoms with van der Waals surface area (Å²) in [7, 11) is 0. The summed E-state index contributed by atoms with van der Waals surface area (Å²) < 4.78 is 0. The number of hydrogen-bond donors (Lipinski definition) is 7. The third-order valence-corrected chi connectivity index (χ3v) is 11.0. The molecule has 2 aliphatic heterocycles. The molecule has 14 nitrogen and oxygen atoms in total. The van der Waals surface area contributed by atoms with E-state index < -0.39 is 59.8 Å². The molecule has 1 saturated heterocycles. The number of phenols is 1. The Kier molecular flexibility index (Phi) is 19.1. The van der Waals surface area contributed by atoms with Gasteiger partial charge in [-0.1, -0.05) is 58.4 Å². The Morgan fingerprint density at radius 2 is 1.79 bits per heavy atom. The molecule has 3 rings (SSSR count). The van der Waals surface area contributed by atoms with Crippen molar-refractivity contribution in [2.24, 2.45) is 29.2 Å². The lowest BCUT2D eigenvalue weighted by atomic mass is 9.85. The topological polar surface area (TPSA) is 226 Å². The van der Waals surface area contributed by atoms with E-state index in [0.29, 0.717) is 95.1 Å². The van der Waals surface area contributed by atoms with Crippen LogP contribution in [0.3, 0.4) is 0 Å². The number of nitrogens with zero attached hydrogens (tertiary/aromatic N) is 1. The average molecular weight is 782 g/mol. The number of benzene rings is 1. The fraction of sp³-hybridized carbons (Fsp3) is 0.667. The van der Waals surface area contributed by atoms with E-state index in [1.807, 2.05) is 39.8 Å². The number of aromatic hydroxyl groups is 1. The van der Waals surface area contributed by atoms with Crippen LogP contribution in [-0.4, -0.2) is 102 Å². The molecule has 56 heavy (non-hydrogen) atoms. The van der Waals surface area contributed by atoms with Crippen LogP contribution < -0.4 is 32.7 Å². The molecule has 1 unspecified atom stereocenters. The molecular formula is C42H67N7O7. The molecule has 1 aromatic carbocycles. The summed E-state index contributed by atoms with van der Waals surface area (Å²) in [5.74, 6) is -2.73. The lowest BCUT2D eigenvalue weighted by molar-refractivity contribution is -0.142. The number of hydrogen-bond acceptors (Lipinski definition) is 10. The first kappa shape index (κ1) is 46.2. The molecule has 2 aliphatic rings. The number of phenolic OH excluding ortho intramolecular Hbond substituents is 1. The number of carbonyl (C=O) groups is 6. The maximum absolute atomic E-state index is 14.3. The van der Waals surface area contributed by atoms with Gasteiger partial charge in [0.05, 0.1) is 12.1 Å². The van der Waals surface area contributed by atoms with E-state index in [1.54, 1.807) is 18.2 Å². The van der Waals surface area contributed by atoms with Gasteiger partial charge < -0.3 is 42.7 Å². The number of fused-ring (bicyclic) bond motifs is 3. The number of nitrogens with two attached hydrogens (primary N) is 2. The summed E-state index contributed by atoms with van der Waals surface area (Å²) in [5.41, 5.74) is 13.2. The second-order valence-corrected chi connectivity index (χ2v) is 16.0. The SMILES string of the molecule is CCC(C)[C@H](NC(=O)[C@@H]1Cc2ccc(O)c(c2)CC=CCNCC[C@H](N)C(=O)N[C@@H](CCCCN)C(=O)N2CCC[C@H]2C(=O)N1)C(=O)C[C@@H](CC(C)C)C(C)=O. The van der Waals surface area contributed by atoms with Crippen LogP contribution in [0.4, 0.5) is 0 Å². The third kappa shape index (κ3) is 14.1. The summed E-state index contributed by atoms with van der Waals surface area (Å²) >= 11 is 0. The quantitative estimate of drug-likeness (QED) is 0.108. The number of rotatable bonds is 14. The Morgan fingerprint density at radius 1 is 1.04 bits per heavy atom. The van der Waals surface area contributed by atoms with Crippen LogP contribution in [-0.2, 0) is 41.6 Å². The zero-order valence-electron chi connectivity index (χ0n) is 34.1. The molecule has 0 saturated carbocycles. The van der Waals surface area contributed by atoms with Crippen LogP contribution in [0.1, 0.15) is 104 Å². The fourth-order valence-electron chi connectivity index (χ4n) is 7.40. The van der Waals surface area contributed by atoms with Crippen LogP contribution >= 0.6 is 0 Å². The molecular weight excluding hydrogens is 715 g/mol. The standard InChI is InChI=1S/C42H67N7O7/c1-6-27(4)38(37(52)25-31(28(5)50)22-26(2)3)48-40(54)34-24-29-15-16-36(51)30(23-29)12-8-10-19-45-20-17-32(44)39(53)46-33(13-7-9-18-43)42(56)49-21-11-14-35(49)41(55)47-34/h8,10,15-16,23,26-27,31-35,38,45,51H,6-7,9,11-14,17-22,24-25,43-44H2,1-5H3,(H,46,53)(H,47,55)(H,48,54)/t27?,31-,32+,33+,34+,35+,38+/m1/s1. The summed E-state index contributed by atoms with van der Waals surface area (Å²) in [6.07, 6.45) is 8.16. The lowest BCUT2D eigenvalue weighted by Gasteiger charge is -2.31. The van der Waals surface area contributed by atoms with Crippen molar-refractivity contribution in [1.82, 2.24) is 26.2 Å². The Labute approximate surface area is 332 Å². The maximum Gasteiger partial charge on any atom is 0.245 e. The predicted molar refractivity (Wildman–Crippen MR) is 216 cm³/mol. The minimum atomic E-state index is -1.15. The van der Waals surface area contributed by atoms with Crippen molar-refractivity contribution >= 4 is 35.2 Å². The zero-order chi connectivity index (χ0) is 41.4. The van der Waals surface area contributed by atoms with Crippen molar-refractivity contribution in [3.05, 3.63) is 41.5 Å². The maximum atomic E-state index is 14.3. The van der Waals surface area contributed by atoms with Gasteiger partial charge in [0.25, 0.3) is 0 Å². The molecule has 0 spiro atoms. The summed E-state index contributed by atoms with van der Waals surface area (Å²) in [5, 5.41) is 22.6. The molecule has 9 N–H and O–H groups in total. The van der Waals surface area contributed by atoms with Crippen molar-refractivity contribution in [3.8, 4) is 5.75 Å². The van der Waals surface area contributed by atoms with Crippen LogP contribution in [0.2, 0.25) is 0 Å². The second kappa shape index (κ2) is 23.2. The normalized spacial score (nSPS) is 23.3. The van der Waals surface area contributed by atoms with Gasteiger partial charge in [0.15, 0.2) is 5.78 Å². The van der Waals surface area contributed by atoms with Crippen LogP contribution in [0, 0.1) is 17.8 Å². The van der Waals surface area contributed by atoms with Crippen LogP contribution in [0.25, 0.3) is 0 Å². The van der Waals surface area contributed by atoms with E-state index >= 15 is 0 Å². The average Bonchev–Trinajstić information content (AvgIpc) is 3.65. The minimum absolute atomic E-state index is 0.00276. The highest BCUT2D eigenvalue weighted by Gasteiger charge is 2.40. The van der Waals surface area contributed by atoms with E-state index in [9.17, 15) is 33.9 Å². The number of ketones is 2. The summed E-state index contributed by atoms with van der Waals surface area (Å²) in [6.45, 7) is 10.9. The molecule has 0 aromatic heterocycles. The number of amides is 4. The van der Waals surface area contributed by atoms with Gasteiger partial charge in [0.2, 0.25) is 23.6 Å². The molecule has 1 fully saturated rings. The van der Waals surface area contributed by atoms with Gasteiger partial charge in [-0.15, -0.1) is 0 Å². The predicted octanol–water partition coefficient (Wildman–Crippen LogP) is 2.19. The van der Waals surface area contributed by atoms with Gasteiger partial charge in [0, 0.05) is 31.8 Å². The largest absolute Gasteiger partial charge is 0.508 e. The number of carbonyl (C=O) groups excluding carboxylic acids is 6. The highest BCUT2D eigenvalue weighted by molar-refractivity contribution is 5.97. The van der Waals surface area contributed by atoms with E-state index in [2.05, 4.69) is 21.3 Å². The number of allylic oxidation sites excluding steroid dienone is 1. The van der Waals surface area contributed by atoms with Crippen molar-refractivity contribution in [3.63, 3.8) is 0 Å². The van der Waals surface area contributed by atoms with Gasteiger partial charge in [-0.2, -0.15) is 0 Å². The van der Waals surface area contributed by atoms with Gasteiger partial charge >= 0.3 is 0 Å². The molecule has 7 atom stereocenters. The fourth-order valence-corrected chi connectivity index (χ4v) is 7.40. The van der Waals surface area contributed by atoms with Crippen molar-refractivity contribution < 1.29 is 33.9 Å². The molecule has 2 bridgehead atoms. The van der Waals surface area contributed by atoms with Crippen LogP contribution in [0.15, 0.2) is 30.4 Å².